The number of hydrogen-bond acceptors (Lipinski definition) is 2. The zero-order valence-corrected chi connectivity index (χ0v) is 17.4. The fourth-order valence-corrected chi connectivity index (χ4v) is 11.4. The molecule has 0 unspecified atom stereocenters. The first-order valence-electron chi connectivity index (χ1n) is 8.28. The molecule has 0 bridgehead atoms. The summed E-state index contributed by atoms with van der Waals surface area (Å²) in [6.45, 7) is 9.10. The van der Waals surface area contributed by atoms with E-state index in [9.17, 15) is 0 Å². The number of likely N-dealkylation sites (N-methyl/N-ethyl adjacent to an activating group) is 2. The summed E-state index contributed by atoms with van der Waals surface area (Å²) in [5, 5.41) is 0. The van der Waals surface area contributed by atoms with Gasteiger partial charge < -0.3 is 0 Å². The second kappa shape index (κ2) is 9.39. The molecule has 2 aromatic carbocycles. The van der Waals surface area contributed by atoms with Crippen LogP contribution in [0.1, 0.15) is 13.8 Å². The Balaban J connectivity index is 2.18. The van der Waals surface area contributed by atoms with Crippen molar-refractivity contribution in [2.24, 2.45) is 0 Å². The number of nitrogens with zero attached hydrogens (tertiary/aromatic N) is 2. The van der Waals surface area contributed by atoms with Crippen molar-refractivity contribution in [1.82, 2.24) is 7.79 Å². The Kier molecular flexibility index (Phi) is 7.50. The van der Waals surface area contributed by atoms with Gasteiger partial charge in [0.15, 0.2) is 0 Å². The van der Waals surface area contributed by atoms with Crippen LogP contribution in [0, 0.1) is 0 Å². The van der Waals surface area contributed by atoms with Crippen molar-refractivity contribution in [2.75, 3.05) is 33.2 Å². The van der Waals surface area contributed by atoms with Crippen LogP contribution in [-0.2, 0) is 0 Å². The first-order chi connectivity index (χ1) is 10.8. The zero-order valence-electron chi connectivity index (χ0n) is 14.1. The molecule has 0 amide bonds. The molecule has 2 nitrogen and oxygen atoms in total. The van der Waals surface area contributed by atoms with Gasteiger partial charge in [0.1, 0.15) is 0 Å². The quantitative estimate of drug-likeness (QED) is 0.672. The molecule has 0 N–H and O–H groups in total. The van der Waals surface area contributed by atoms with Gasteiger partial charge in [0.2, 0.25) is 0 Å². The van der Waals surface area contributed by atoms with Gasteiger partial charge in [-0.1, -0.05) is 0 Å². The van der Waals surface area contributed by atoms with Crippen molar-refractivity contribution in [3.63, 3.8) is 0 Å². The van der Waals surface area contributed by atoms with Crippen LogP contribution < -0.4 is 6.64 Å². The molecule has 0 aliphatic rings. The van der Waals surface area contributed by atoms with E-state index >= 15 is 0 Å². The zero-order chi connectivity index (χ0) is 15.8. The molecule has 0 saturated carbocycles. The van der Waals surface area contributed by atoms with E-state index in [-0.39, 0.29) is 0 Å². The van der Waals surface area contributed by atoms with E-state index in [1.807, 2.05) is 0 Å². The molecule has 2 rings (SSSR count). The van der Waals surface area contributed by atoms with Crippen LogP contribution in [-0.4, -0.2) is 62.7 Å². The SMILES string of the molecule is CCN(CC)CC[N](C)[In]([c]1ccccc1)[c]1ccccc1. The van der Waals surface area contributed by atoms with E-state index in [4.69, 9.17) is 0 Å². The van der Waals surface area contributed by atoms with Crippen molar-refractivity contribution in [1.29, 1.82) is 0 Å². The molecule has 0 aromatic heterocycles. The number of rotatable bonds is 8. The summed E-state index contributed by atoms with van der Waals surface area (Å²) in [6.07, 6.45) is 0. The topological polar surface area (TPSA) is 6.48 Å². The maximum atomic E-state index is 2.67. The molecular weight excluding hydrogens is 371 g/mol. The minimum atomic E-state index is -2.16. The van der Waals surface area contributed by atoms with Gasteiger partial charge in [-0.25, -0.2) is 0 Å². The molecule has 0 aliphatic heterocycles. The Bertz CT molecular complexity index is 486. The van der Waals surface area contributed by atoms with Gasteiger partial charge in [0.25, 0.3) is 0 Å². The Morgan fingerprint density at radius 2 is 1.18 bits per heavy atom. The van der Waals surface area contributed by atoms with Crippen LogP contribution in [0.15, 0.2) is 60.7 Å². The van der Waals surface area contributed by atoms with Gasteiger partial charge in [-0.05, 0) is 0 Å². The maximum absolute atomic E-state index is 2.67. The fraction of sp³-hybridized carbons (Fsp3) is 0.368. The Morgan fingerprint density at radius 3 is 1.59 bits per heavy atom. The van der Waals surface area contributed by atoms with Gasteiger partial charge in [-0.2, -0.15) is 0 Å². The molecule has 0 saturated heterocycles. The van der Waals surface area contributed by atoms with E-state index < -0.39 is 21.7 Å². The molecule has 0 aliphatic carbocycles. The summed E-state index contributed by atoms with van der Waals surface area (Å²) < 4.78 is 5.81. The van der Waals surface area contributed by atoms with E-state index in [2.05, 4.69) is 89.3 Å². The fourth-order valence-electron chi connectivity index (χ4n) is 2.94. The predicted molar refractivity (Wildman–Crippen MR) is 98.3 cm³/mol. The Hall–Kier alpha value is -0.770. The van der Waals surface area contributed by atoms with Crippen molar-refractivity contribution in [2.45, 2.75) is 13.8 Å². The molecule has 0 atom stereocenters. The third-order valence-electron chi connectivity index (χ3n) is 4.33. The second-order valence-corrected chi connectivity index (χ2v) is 14.4. The summed E-state index contributed by atoms with van der Waals surface area (Å²) in [5.41, 5.74) is 0. The molecule has 0 radical (unpaired) electrons. The predicted octanol–water partition coefficient (Wildman–Crippen LogP) is 2.07. The summed E-state index contributed by atoms with van der Waals surface area (Å²) in [4.78, 5) is 2.51. The van der Waals surface area contributed by atoms with E-state index in [0.29, 0.717) is 0 Å². The second-order valence-electron chi connectivity index (χ2n) is 5.73. The van der Waals surface area contributed by atoms with Gasteiger partial charge in [0.05, 0.1) is 0 Å². The standard InChI is InChI=1S/C7H17N2.2C6H5.In/c1-4-9(5-2)7-6-8-3;2*1-2-4-6-5-3-1;/h4-7H2,1-3H3;2*1-5H;/q-1;;;+1. The van der Waals surface area contributed by atoms with E-state index in [1.54, 1.807) is 6.64 Å². The van der Waals surface area contributed by atoms with Crippen molar-refractivity contribution >= 4 is 28.4 Å². The molecule has 116 valence electrons. The van der Waals surface area contributed by atoms with Crippen LogP contribution in [0.4, 0.5) is 0 Å². The van der Waals surface area contributed by atoms with Crippen LogP contribution in [0.25, 0.3) is 0 Å². The Morgan fingerprint density at radius 1 is 0.727 bits per heavy atom. The molecule has 0 heterocycles. The van der Waals surface area contributed by atoms with E-state index in [1.165, 1.54) is 0 Å². The normalized spacial score (nSPS) is 11.1. The summed E-state index contributed by atoms with van der Waals surface area (Å²) in [5.74, 6) is 0. The Labute approximate surface area is 143 Å². The van der Waals surface area contributed by atoms with Crippen LogP contribution >= 0.6 is 0 Å². The average Bonchev–Trinajstić information content (AvgIpc) is 2.58. The van der Waals surface area contributed by atoms with Crippen LogP contribution in [0.2, 0.25) is 0 Å². The third-order valence-corrected chi connectivity index (χ3v) is 13.4. The van der Waals surface area contributed by atoms with Crippen molar-refractivity contribution in [3.05, 3.63) is 60.7 Å². The first-order valence-corrected chi connectivity index (χ1v) is 13.1. The van der Waals surface area contributed by atoms with Gasteiger partial charge >= 0.3 is 144 Å². The molecule has 0 fully saturated rings. The minimum absolute atomic E-state index is 1.14. The monoisotopic (exact) mass is 398 g/mol. The van der Waals surface area contributed by atoms with Crippen LogP contribution in [0.3, 0.4) is 0 Å². The third kappa shape index (κ3) is 4.87. The molecule has 0 spiro atoms. The average molecular weight is 398 g/mol. The first kappa shape index (κ1) is 17.6. The summed E-state index contributed by atoms with van der Waals surface area (Å²) >= 11 is -2.16. The van der Waals surface area contributed by atoms with Crippen LogP contribution in [0.5, 0.6) is 0 Å². The van der Waals surface area contributed by atoms with Gasteiger partial charge in [-0.15, -0.1) is 0 Å². The van der Waals surface area contributed by atoms with Crippen molar-refractivity contribution < 1.29 is 0 Å². The van der Waals surface area contributed by atoms with E-state index in [0.717, 1.165) is 26.2 Å². The molecule has 3 heteroatoms. The van der Waals surface area contributed by atoms with Gasteiger partial charge in [-0.3, -0.25) is 0 Å². The summed E-state index contributed by atoms with van der Waals surface area (Å²) in [7, 11) is 2.32. The molecule has 2 aromatic rings. The summed E-state index contributed by atoms with van der Waals surface area (Å²) in [6, 6.07) is 22.2. The van der Waals surface area contributed by atoms with Gasteiger partial charge in [0, 0.05) is 0 Å². The van der Waals surface area contributed by atoms with Crippen molar-refractivity contribution in [3.8, 4) is 0 Å². The molecular formula is C19H27InN2. The number of hydrogen-bond donors (Lipinski definition) is 0. The molecule has 22 heavy (non-hydrogen) atoms. The number of benzene rings is 2.